The zero-order chi connectivity index (χ0) is 21.3. The first kappa shape index (κ1) is 20.6. The molecule has 10 nitrogen and oxygen atoms in total. The van der Waals surface area contributed by atoms with Gasteiger partial charge in [0, 0.05) is 24.7 Å². The minimum Gasteiger partial charge on any atom is -0.454 e. The highest BCUT2D eigenvalue weighted by atomic mass is 16.5. The normalized spacial score (nSPS) is 11.4. The number of benzene rings is 2. The molecule has 0 aliphatic rings. The van der Waals surface area contributed by atoms with E-state index in [1.165, 1.54) is 18.1 Å². The van der Waals surface area contributed by atoms with Crippen LogP contribution in [0, 0.1) is 0 Å². The monoisotopic (exact) mass is 408 g/mol. The van der Waals surface area contributed by atoms with Crippen LogP contribution in [0.15, 0.2) is 60.9 Å². The van der Waals surface area contributed by atoms with E-state index in [4.69, 9.17) is 4.74 Å². The van der Waals surface area contributed by atoms with Gasteiger partial charge in [0.2, 0.25) is 0 Å². The first-order valence-corrected chi connectivity index (χ1v) is 9.12. The summed E-state index contributed by atoms with van der Waals surface area (Å²) in [6, 6.07) is 14.9. The number of amides is 2. The van der Waals surface area contributed by atoms with Crippen LogP contribution in [-0.4, -0.2) is 51.6 Å². The van der Waals surface area contributed by atoms with Crippen LogP contribution < -0.4 is 10.6 Å². The van der Waals surface area contributed by atoms with Crippen LogP contribution in [0.2, 0.25) is 0 Å². The molecule has 3 rings (SSSR count). The molecule has 2 N–H and O–H groups in total. The van der Waals surface area contributed by atoms with Crippen LogP contribution in [0.3, 0.4) is 0 Å². The molecule has 2 aromatic carbocycles. The second kappa shape index (κ2) is 9.92. The average Bonchev–Trinajstić information content (AvgIpc) is 3.31. The summed E-state index contributed by atoms with van der Waals surface area (Å²) in [6.45, 7) is -0.469. The van der Waals surface area contributed by atoms with Crippen molar-refractivity contribution in [3.63, 3.8) is 0 Å². The number of aromatic nitrogens is 4. The Labute approximate surface area is 172 Å². The third-order valence-corrected chi connectivity index (χ3v) is 4.23. The van der Waals surface area contributed by atoms with E-state index >= 15 is 0 Å². The van der Waals surface area contributed by atoms with E-state index in [-0.39, 0.29) is 5.91 Å². The van der Waals surface area contributed by atoms with Crippen molar-refractivity contribution in [2.24, 2.45) is 0 Å². The lowest BCUT2D eigenvalue weighted by molar-refractivity contribution is -0.151. The number of anilines is 1. The maximum absolute atomic E-state index is 12.6. The van der Waals surface area contributed by atoms with Crippen molar-refractivity contribution in [3.8, 4) is 0 Å². The molecule has 0 unspecified atom stereocenters. The topological polar surface area (TPSA) is 128 Å². The highest BCUT2D eigenvalue weighted by Gasteiger charge is 2.24. The highest BCUT2D eigenvalue weighted by Crippen LogP contribution is 2.15. The number of hydrogen-bond donors (Lipinski definition) is 2. The Morgan fingerprint density at radius 1 is 1.07 bits per heavy atom. The fourth-order valence-corrected chi connectivity index (χ4v) is 2.71. The Balaban J connectivity index is 1.58. The van der Waals surface area contributed by atoms with Crippen LogP contribution in [0.4, 0.5) is 5.69 Å². The van der Waals surface area contributed by atoms with Crippen LogP contribution in [0.25, 0.3) is 0 Å². The summed E-state index contributed by atoms with van der Waals surface area (Å²) in [7, 11) is 1.53. The summed E-state index contributed by atoms with van der Waals surface area (Å²) in [5.41, 5.74) is 1.84. The molecule has 0 fully saturated rings. The van der Waals surface area contributed by atoms with Gasteiger partial charge < -0.3 is 15.4 Å². The molecule has 0 spiro atoms. The second-order valence-electron chi connectivity index (χ2n) is 6.31. The number of carbonyl (C=O) groups excluding carboxylic acids is 3. The third-order valence-electron chi connectivity index (χ3n) is 4.23. The number of esters is 1. The van der Waals surface area contributed by atoms with Crippen molar-refractivity contribution >= 4 is 23.5 Å². The van der Waals surface area contributed by atoms with Gasteiger partial charge >= 0.3 is 5.97 Å². The SMILES string of the molecule is CNC(=O)c1ccc(NC(=O)COC(=O)[C@@H](Cc2ccccc2)n2cnnn2)cc1. The van der Waals surface area contributed by atoms with Gasteiger partial charge in [-0.1, -0.05) is 30.3 Å². The Morgan fingerprint density at radius 3 is 2.43 bits per heavy atom. The minimum absolute atomic E-state index is 0.228. The molecule has 0 saturated heterocycles. The predicted octanol–water partition coefficient (Wildman–Crippen LogP) is 0.998. The third kappa shape index (κ3) is 5.47. The van der Waals surface area contributed by atoms with E-state index < -0.39 is 24.5 Å². The lowest BCUT2D eigenvalue weighted by atomic mass is 10.1. The van der Waals surface area contributed by atoms with Crippen molar-refractivity contribution in [3.05, 3.63) is 72.1 Å². The Hall–Kier alpha value is -4.08. The van der Waals surface area contributed by atoms with E-state index in [1.807, 2.05) is 30.3 Å². The van der Waals surface area contributed by atoms with Crippen LogP contribution in [-0.2, 0) is 20.7 Å². The van der Waals surface area contributed by atoms with Gasteiger partial charge in [-0.2, -0.15) is 0 Å². The standard InChI is InChI=1S/C20H20N6O4/c1-21-19(28)15-7-9-16(10-8-15)23-18(27)12-30-20(29)17(26-13-22-24-25-26)11-14-5-3-2-4-6-14/h2-10,13,17H,11-12H2,1H3,(H,21,28)(H,23,27)/t17-/m1/s1. The quantitative estimate of drug-likeness (QED) is 0.532. The van der Waals surface area contributed by atoms with Crippen LogP contribution >= 0.6 is 0 Å². The van der Waals surface area contributed by atoms with E-state index in [9.17, 15) is 14.4 Å². The summed E-state index contributed by atoms with van der Waals surface area (Å²) in [6.07, 6.45) is 1.64. The maximum atomic E-state index is 12.6. The molecule has 0 saturated carbocycles. The van der Waals surface area contributed by atoms with Crippen LogP contribution in [0.1, 0.15) is 22.0 Å². The molecule has 0 aliphatic carbocycles. The van der Waals surface area contributed by atoms with Crippen molar-refractivity contribution in [1.29, 1.82) is 0 Å². The number of ether oxygens (including phenoxy) is 1. The first-order valence-electron chi connectivity index (χ1n) is 9.12. The smallest absolute Gasteiger partial charge is 0.331 e. The van der Waals surface area contributed by atoms with Crippen molar-refractivity contribution < 1.29 is 19.1 Å². The highest BCUT2D eigenvalue weighted by molar-refractivity contribution is 5.96. The van der Waals surface area contributed by atoms with Gasteiger partial charge in [-0.3, -0.25) is 9.59 Å². The Kier molecular flexibility index (Phi) is 6.83. The number of rotatable bonds is 8. The molecule has 2 amide bonds. The summed E-state index contributed by atoms with van der Waals surface area (Å²) >= 11 is 0. The van der Waals surface area contributed by atoms with E-state index in [1.54, 1.807) is 24.3 Å². The van der Waals surface area contributed by atoms with Gasteiger partial charge in [0.1, 0.15) is 6.33 Å². The van der Waals surface area contributed by atoms with E-state index in [2.05, 4.69) is 26.2 Å². The van der Waals surface area contributed by atoms with Crippen molar-refractivity contribution in [2.75, 3.05) is 19.0 Å². The molecule has 0 aliphatic heterocycles. The zero-order valence-corrected chi connectivity index (χ0v) is 16.2. The summed E-state index contributed by atoms with van der Waals surface area (Å²) in [5.74, 6) is -1.36. The molecule has 30 heavy (non-hydrogen) atoms. The molecule has 154 valence electrons. The van der Waals surface area contributed by atoms with E-state index in [0.717, 1.165) is 5.56 Å². The Morgan fingerprint density at radius 2 is 1.80 bits per heavy atom. The molecule has 0 bridgehead atoms. The molecule has 1 heterocycles. The molecular formula is C20H20N6O4. The number of hydrogen-bond acceptors (Lipinski definition) is 7. The van der Waals surface area contributed by atoms with Gasteiger partial charge in [-0.15, -0.1) is 5.10 Å². The molecular weight excluding hydrogens is 388 g/mol. The molecule has 3 aromatic rings. The van der Waals surface area contributed by atoms with Gasteiger partial charge in [-0.05, 0) is 40.3 Å². The lowest BCUT2D eigenvalue weighted by Gasteiger charge is -2.15. The molecule has 10 heteroatoms. The number of nitrogens with one attached hydrogen (secondary N) is 2. The summed E-state index contributed by atoms with van der Waals surface area (Å²) < 4.78 is 6.48. The molecule has 1 aromatic heterocycles. The Bertz CT molecular complexity index is 990. The molecule has 0 radical (unpaired) electrons. The lowest BCUT2D eigenvalue weighted by Crippen LogP contribution is -2.28. The zero-order valence-electron chi connectivity index (χ0n) is 16.2. The first-order chi connectivity index (χ1) is 14.6. The number of tetrazole rings is 1. The number of carbonyl (C=O) groups is 3. The van der Waals surface area contributed by atoms with Crippen molar-refractivity contribution in [1.82, 2.24) is 25.5 Å². The largest absolute Gasteiger partial charge is 0.454 e. The maximum Gasteiger partial charge on any atom is 0.331 e. The van der Waals surface area contributed by atoms with Gasteiger partial charge in [-0.25, -0.2) is 9.48 Å². The molecule has 1 atom stereocenters. The predicted molar refractivity (Wildman–Crippen MR) is 106 cm³/mol. The van der Waals surface area contributed by atoms with E-state index in [0.29, 0.717) is 17.7 Å². The van der Waals surface area contributed by atoms with Gasteiger partial charge in [0.15, 0.2) is 12.6 Å². The van der Waals surface area contributed by atoms with Crippen LogP contribution in [0.5, 0.6) is 0 Å². The fourth-order valence-electron chi connectivity index (χ4n) is 2.71. The van der Waals surface area contributed by atoms with Gasteiger partial charge in [0.05, 0.1) is 0 Å². The number of nitrogens with zero attached hydrogens (tertiary/aromatic N) is 4. The van der Waals surface area contributed by atoms with Crippen molar-refractivity contribution in [2.45, 2.75) is 12.5 Å². The fraction of sp³-hybridized carbons (Fsp3) is 0.200. The average molecular weight is 408 g/mol. The second-order valence-corrected chi connectivity index (χ2v) is 6.31. The minimum atomic E-state index is -0.804. The summed E-state index contributed by atoms with van der Waals surface area (Å²) in [4.78, 5) is 36.3. The summed E-state index contributed by atoms with van der Waals surface area (Å²) in [5, 5.41) is 16.0. The van der Waals surface area contributed by atoms with Gasteiger partial charge in [0.25, 0.3) is 11.8 Å².